The Morgan fingerprint density at radius 2 is 2.10 bits per heavy atom. The number of benzene rings is 2. The van der Waals surface area contributed by atoms with Gasteiger partial charge in [0.1, 0.15) is 0 Å². The van der Waals surface area contributed by atoms with E-state index in [0.717, 1.165) is 46.7 Å². The van der Waals surface area contributed by atoms with Gasteiger partial charge in [0, 0.05) is 22.6 Å². The van der Waals surface area contributed by atoms with Gasteiger partial charge in [-0.25, -0.2) is 0 Å². The topological polar surface area (TPSA) is 41.1 Å². The Bertz CT molecular complexity index is 641. The summed E-state index contributed by atoms with van der Waals surface area (Å²) in [6.07, 6.45) is 2.16. The van der Waals surface area contributed by atoms with E-state index in [4.69, 9.17) is 0 Å². The molecule has 0 radical (unpaired) electrons. The van der Waals surface area contributed by atoms with Crippen molar-refractivity contribution < 1.29 is 4.79 Å². The van der Waals surface area contributed by atoms with Crippen molar-refractivity contribution in [2.24, 2.45) is 0 Å². The van der Waals surface area contributed by atoms with Crippen molar-refractivity contribution in [1.82, 2.24) is 10.6 Å². The molecule has 21 heavy (non-hydrogen) atoms. The van der Waals surface area contributed by atoms with Crippen LogP contribution < -0.4 is 10.6 Å². The highest BCUT2D eigenvalue weighted by molar-refractivity contribution is 9.10. The van der Waals surface area contributed by atoms with E-state index in [1.54, 1.807) is 0 Å². The molecular weight excluding hydrogens is 352 g/mol. The summed E-state index contributed by atoms with van der Waals surface area (Å²) < 4.78 is 0.933. The predicted octanol–water partition coefficient (Wildman–Crippen LogP) is 3.51. The third kappa shape index (κ3) is 3.76. The van der Waals surface area contributed by atoms with Crippen molar-refractivity contribution in [2.75, 3.05) is 13.1 Å². The lowest BCUT2D eigenvalue weighted by Gasteiger charge is -2.24. The van der Waals surface area contributed by atoms with Gasteiger partial charge >= 0.3 is 0 Å². The van der Waals surface area contributed by atoms with Crippen LogP contribution >= 0.6 is 28.3 Å². The van der Waals surface area contributed by atoms with E-state index < -0.39 is 0 Å². The van der Waals surface area contributed by atoms with Crippen molar-refractivity contribution in [2.45, 2.75) is 18.9 Å². The molecule has 0 unspecified atom stereocenters. The third-order valence-corrected chi connectivity index (χ3v) is 4.16. The molecule has 0 saturated carbocycles. The lowest BCUT2D eigenvalue weighted by atomic mass is 10.0. The fourth-order valence-corrected chi connectivity index (χ4v) is 3.18. The maximum atomic E-state index is 12.5. The molecule has 1 heterocycles. The fourth-order valence-electron chi connectivity index (χ4n) is 2.70. The molecule has 2 aromatic rings. The molecule has 2 N–H and O–H groups in total. The lowest BCUT2D eigenvalue weighted by Crippen LogP contribution is -2.45. The van der Waals surface area contributed by atoms with Crippen LogP contribution in [0.2, 0.25) is 0 Å². The number of rotatable bonds is 2. The van der Waals surface area contributed by atoms with Gasteiger partial charge in [0.25, 0.3) is 5.91 Å². The molecule has 0 spiro atoms. The Morgan fingerprint density at radius 1 is 1.29 bits per heavy atom. The molecule has 1 atom stereocenters. The number of piperidine rings is 1. The zero-order valence-electron chi connectivity index (χ0n) is 11.6. The summed E-state index contributed by atoms with van der Waals surface area (Å²) in [6.45, 7) is 1.91. The number of fused-ring (bicyclic) bond motifs is 1. The number of hydrogen-bond donors (Lipinski definition) is 2. The van der Waals surface area contributed by atoms with Crippen LogP contribution in [0.1, 0.15) is 23.2 Å². The third-order valence-electron chi connectivity index (χ3n) is 3.70. The summed E-state index contributed by atoms with van der Waals surface area (Å²) in [4.78, 5) is 12.5. The molecule has 0 aromatic heterocycles. The number of carbonyl (C=O) groups is 1. The van der Waals surface area contributed by atoms with E-state index in [9.17, 15) is 4.79 Å². The zero-order valence-corrected chi connectivity index (χ0v) is 14.0. The minimum absolute atomic E-state index is 0. The predicted molar refractivity (Wildman–Crippen MR) is 92.3 cm³/mol. The molecule has 5 heteroatoms. The van der Waals surface area contributed by atoms with E-state index in [1.807, 2.05) is 36.4 Å². The first kappa shape index (κ1) is 16.3. The highest BCUT2D eigenvalue weighted by atomic mass is 79.9. The van der Waals surface area contributed by atoms with Crippen molar-refractivity contribution in [3.63, 3.8) is 0 Å². The van der Waals surface area contributed by atoms with Crippen LogP contribution in [0, 0.1) is 0 Å². The van der Waals surface area contributed by atoms with Crippen LogP contribution in [0.15, 0.2) is 40.9 Å². The highest BCUT2D eigenvalue weighted by Gasteiger charge is 2.18. The molecule has 112 valence electrons. The van der Waals surface area contributed by atoms with Crippen LogP contribution in [0.4, 0.5) is 0 Å². The summed E-state index contributed by atoms with van der Waals surface area (Å²) in [7, 11) is 0. The monoisotopic (exact) mass is 368 g/mol. The second-order valence-electron chi connectivity index (χ2n) is 5.19. The number of carbonyl (C=O) groups excluding carboxylic acids is 1. The van der Waals surface area contributed by atoms with Gasteiger partial charge in [-0.1, -0.05) is 40.2 Å². The van der Waals surface area contributed by atoms with Gasteiger partial charge in [0.05, 0.1) is 0 Å². The molecule has 1 amide bonds. The molecule has 1 saturated heterocycles. The summed E-state index contributed by atoms with van der Waals surface area (Å²) in [6, 6.07) is 12.1. The molecule has 0 bridgehead atoms. The van der Waals surface area contributed by atoms with E-state index in [-0.39, 0.29) is 24.4 Å². The zero-order chi connectivity index (χ0) is 13.9. The lowest BCUT2D eigenvalue weighted by molar-refractivity contribution is 0.0932. The smallest absolute Gasteiger partial charge is 0.252 e. The molecule has 3 rings (SSSR count). The number of hydrogen-bond acceptors (Lipinski definition) is 2. The minimum Gasteiger partial charge on any atom is -0.348 e. The Kier molecular flexibility index (Phi) is 5.62. The quantitative estimate of drug-likeness (QED) is 0.850. The van der Waals surface area contributed by atoms with Crippen LogP contribution in [-0.2, 0) is 0 Å². The van der Waals surface area contributed by atoms with E-state index in [2.05, 4.69) is 26.6 Å². The van der Waals surface area contributed by atoms with Crippen molar-refractivity contribution in [3.05, 3.63) is 46.4 Å². The van der Waals surface area contributed by atoms with Gasteiger partial charge in [-0.3, -0.25) is 4.79 Å². The second kappa shape index (κ2) is 7.25. The highest BCUT2D eigenvalue weighted by Crippen LogP contribution is 2.24. The van der Waals surface area contributed by atoms with Crippen molar-refractivity contribution in [1.29, 1.82) is 0 Å². The average Bonchev–Trinajstić information content (AvgIpc) is 2.47. The Morgan fingerprint density at radius 3 is 2.86 bits per heavy atom. The largest absolute Gasteiger partial charge is 0.348 e. The summed E-state index contributed by atoms with van der Waals surface area (Å²) >= 11 is 3.48. The summed E-state index contributed by atoms with van der Waals surface area (Å²) in [5.74, 6) is 0.0104. The van der Waals surface area contributed by atoms with E-state index in [0.29, 0.717) is 0 Å². The first-order valence-corrected chi connectivity index (χ1v) is 7.73. The van der Waals surface area contributed by atoms with Crippen LogP contribution in [-0.4, -0.2) is 25.0 Å². The first-order chi connectivity index (χ1) is 9.74. The van der Waals surface area contributed by atoms with E-state index in [1.165, 1.54) is 0 Å². The molecule has 1 fully saturated rings. The van der Waals surface area contributed by atoms with Gasteiger partial charge in [-0.2, -0.15) is 0 Å². The maximum absolute atomic E-state index is 12.5. The number of nitrogens with one attached hydrogen (secondary N) is 2. The molecule has 3 nitrogen and oxygen atoms in total. The van der Waals surface area contributed by atoms with E-state index >= 15 is 0 Å². The standard InChI is InChI=1S/C16H17BrN2O.ClH/c17-12-8-11-4-1-2-6-14(11)15(9-12)16(20)19-13-5-3-7-18-10-13;/h1-2,4,6,8-9,13,18H,3,5,7,10H2,(H,19,20);1H/t13-;/m0./s1. The summed E-state index contributed by atoms with van der Waals surface area (Å²) in [5, 5.41) is 8.52. The van der Waals surface area contributed by atoms with Gasteiger partial charge in [-0.15, -0.1) is 12.4 Å². The van der Waals surface area contributed by atoms with Gasteiger partial charge in [0.15, 0.2) is 0 Å². The molecule has 1 aliphatic heterocycles. The number of amides is 1. The van der Waals surface area contributed by atoms with Gasteiger partial charge in [-0.05, 0) is 42.3 Å². The fraction of sp³-hybridized carbons (Fsp3) is 0.312. The van der Waals surface area contributed by atoms with Gasteiger partial charge < -0.3 is 10.6 Å². The van der Waals surface area contributed by atoms with Crippen LogP contribution in [0.5, 0.6) is 0 Å². The van der Waals surface area contributed by atoms with Crippen molar-refractivity contribution >= 4 is 45.0 Å². The molecule has 0 aliphatic carbocycles. The van der Waals surface area contributed by atoms with Crippen LogP contribution in [0.25, 0.3) is 10.8 Å². The van der Waals surface area contributed by atoms with Crippen LogP contribution in [0.3, 0.4) is 0 Å². The number of halogens is 2. The molecule has 2 aromatic carbocycles. The Labute approximate surface area is 139 Å². The van der Waals surface area contributed by atoms with Gasteiger partial charge in [0.2, 0.25) is 0 Å². The summed E-state index contributed by atoms with van der Waals surface area (Å²) in [5.41, 5.74) is 0.737. The minimum atomic E-state index is 0. The second-order valence-corrected chi connectivity index (χ2v) is 6.11. The SMILES string of the molecule is Cl.O=C(N[C@H]1CCCNC1)c1cc(Br)cc2ccccc12. The van der Waals surface area contributed by atoms with Crippen molar-refractivity contribution in [3.8, 4) is 0 Å². The first-order valence-electron chi connectivity index (χ1n) is 6.94. The normalized spacial score (nSPS) is 18.0. The maximum Gasteiger partial charge on any atom is 0.252 e. The molecule has 1 aliphatic rings. The Hall–Kier alpha value is -1.10. The molecular formula is C16H18BrClN2O. The Balaban J connectivity index is 0.00000161. The average molecular weight is 370 g/mol.